The summed E-state index contributed by atoms with van der Waals surface area (Å²) in [5, 5.41) is 2.52. The first-order valence-corrected chi connectivity index (χ1v) is 7.57. The Morgan fingerprint density at radius 1 is 1.50 bits per heavy atom. The van der Waals surface area contributed by atoms with Gasteiger partial charge in [0.1, 0.15) is 10.8 Å². The second kappa shape index (κ2) is 5.43. The van der Waals surface area contributed by atoms with E-state index in [4.69, 9.17) is 5.73 Å². The lowest BCUT2D eigenvalue weighted by molar-refractivity contribution is -0.119. The van der Waals surface area contributed by atoms with E-state index in [1.165, 1.54) is 0 Å². The molecule has 0 saturated carbocycles. The Bertz CT molecular complexity index is 675. The molecule has 1 aliphatic heterocycles. The number of nitrogens with one attached hydrogen (secondary N) is 2. The molecule has 0 bridgehead atoms. The van der Waals surface area contributed by atoms with Gasteiger partial charge in [0.25, 0.3) is 0 Å². The molecular weight excluding hydrogens is 305 g/mol. The Labute approximate surface area is 120 Å². The van der Waals surface area contributed by atoms with Crippen molar-refractivity contribution in [2.24, 2.45) is 5.73 Å². The molecule has 1 fully saturated rings. The van der Waals surface area contributed by atoms with Gasteiger partial charge in [0, 0.05) is 24.6 Å². The van der Waals surface area contributed by atoms with Crippen molar-refractivity contribution >= 4 is 33.1 Å². The number of halogens is 1. The number of hydrogen-bond donors (Lipinski definition) is 3. The van der Waals surface area contributed by atoms with Crippen LogP contribution in [0.5, 0.6) is 0 Å². The van der Waals surface area contributed by atoms with Gasteiger partial charge in [-0.2, -0.15) is 0 Å². The summed E-state index contributed by atoms with van der Waals surface area (Å²) in [5.74, 6) is -0.908. The third-order valence-electron chi connectivity index (χ3n) is 2.81. The van der Waals surface area contributed by atoms with Crippen molar-refractivity contribution in [1.29, 1.82) is 0 Å². The van der Waals surface area contributed by atoms with Crippen LogP contribution in [-0.4, -0.2) is 31.9 Å². The first-order chi connectivity index (χ1) is 9.29. The van der Waals surface area contributed by atoms with Gasteiger partial charge < -0.3 is 11.1 Å². The predicted molar refractivity (Wildman–Crippen MR) is 74.0 cm³/mol. The van der Waals surface area contributed by atoms with Crippen molar-refractivity contribution in [2.45, 2.75) is 17.4 Å². The van der Waals surface area contributed by atoms with Crippen molar-refractivity contribution in [3.05, 3.63) is 29.6 Å². The molecule has 0 aromatic heterocycles. The number of thiocarbonyl (C=S) groups is 1. The zero-order chi connectivity index (χ0) is 14.9. The van der Waals surface area contributed by atoms with Gasteiger partial charge >= 0.3 is 0 Å². The Hall–Kier alpha value is -1.58. The summed E-state index contributed by atoms with van der Waals surface area (Å²) >= 11 is 4.66. The Kier molecular flexibility index (Phi) is 4.02. The Balaban J connectivity index is 2.27. The number of rotatable bonds is 4. The molecule has 6 nitrogen and oxygen atoms in total. The summed E-state index contributed by atoms with van der Waals surface area (Å²) in [7, 11) is -3.86. The van der Waals surface area contributed by atoms with Gasteiger partial charge in [0.15, 0.2) is 0 Å². The largest absolute Gasteiger partial charge is 0.389 e. The molecular formula is C11H12FN3O3S2. The fraction of sp³-hybridized carbons (Fsp3) is 0.273. The van der Waals surface area contributed by atoms with Crippen LogP contribution in [0.4, 0.5) is 4.39 Å². The summed E-state index contributed by atoms with van der Waals surface area (Å²) < 4.78 is 40.0. The molecule has 1 amide bonds. The molecule has 0 aliphatic carbocycles. The van der Waals surface area contributed by atoms with Crippen molar-refractivity contribution in [3.63, 3.8) is 0 Å². The van der Waals surface area contributed by atoms with E-state index in [9.17, 15) is 17.6 Å². The van der Waals surface area contributed by atoms with Gasteiger partial charge in [-0.3, -0.25) is 4.79 Å². The van der Waals surface area contributed by atoms with E-state index in [0.29, 0.717) is 0 Å². The Morgan fingerprint density at radius 2 is 2.20 bits per heavy atom. The third-order valence-corrected chi connectivity index (χ3v) is 4.55. The zero-order valence-electron chi connectivity index (χ0n) is 10.2. The molecule has 0 radical (unpaired) electrons. The van der Waals surface area contributed by atoms with Gasteiger partial charge in [-0.15, -0.1) is 0 Å². The molecule has 4 N–H and O–H groups in total. The van der Waals surface area contributed by atoms with E-state index in [2.05, 4.69) is 22.3 Å². The van der Waals surface area contributed by atoms with E-state index in [0.717, 1.165) is 18.2 Å². The molecule has 9 heteroatoms. The van der Waals surface area contributed by atoms with Gasteiger partial charge in [-0.25, -0.2) is 17.5 Å². The van der Waals surface area contributed by atoms with Gasteiger partial charge in [0.2, 0.25) is 15.9 Å². The molecule has 2 rings (SSSR count). The second-order valence-corrected chi connectivity index (χ2v) is 6.49. The van der Waals surface area contributed by atoms with E-state index < -0.39 is 21.9 Å². The average Bonchev–Trinajstić information content (AvgIpc) is 2.73. The maximum Gasteiger partial charge on any atom is 0.240 e. The molecule has 1 saturated heterocycles. The van der Waals surface area contributed by atoms with Crippen LogP contribution in [0.25, 0.3) is 0 Å². The maximum atomic E-state index is 13.4. The maximum absolute atomic E-state index is 13.4. The number of benzene rings is 1. The second-order valence-electron chi connectivity index (χ2n) is 4.33. The minimum absolute atomic E-state index is 0.0720. The van der Waals surface area contributed by atoms with Crippen LogP contribution in [0.15, 0.2) is 23.1 Å². The highest BCUT2D eigenvalue weighted by molar-refractivity contribution is 7.89. The number of carbonyl (C=O) groups excluding carboxylic acids is 1. The van der Waals surface area contributed by atoms with Crippen LogP contribution in [-0.2, 0) is 14.8 Å². The lowest BCUT2D eigenvalue weighted by Gasteiger charge is -2.12. The zero-order valence-corrected chi connectivity index (χ0v) is 11.9. The number of nitrogens with two attached hydrogens (primary N) is 1. The summed E-state index contributed by atoms with van der Waals surface area (Å²) in [6.45, 7) is 0.224. The lowest BCUT2D eigenvalue weighted by Crippen LogP contribution is -2.36. The van der Waals surface area contributed by atoms with Crippen LogP contribution >= 0.6 is 12.2 Å². The fourth-order valence-electron chi connectivity index (χ4n) is 1.84. The minimum Gasteiger partial charge on any atom is -0.389 e. The molecule has 1 atom stereocenters. The first kappa shape index (κ1) is 14.8. The first-order valence-electron chi connectivity index (χ1n) is 5.68. The average molecular weight is 317 g/mol. The molecule has 20 heavy (non-hydrogen) atoms. The Morgan fingerprint density at radius 3 is 2.75 bits per heavy atom. The minimum atomic E-state index is -3.86. The SMILES string of the molecule is NC(=S)c1cc(S(=O)(=O)NC2CNC(=O)C2)ccc1F. The number of sulfonamides is 1. The third kappa shape index (κ3) is 3.11. The van der Waals surface area contributed by atoms with Crippen molar-refractivity contribution < 1.29 is 17.6 Å². The molecule has 0 spiro atoms. The molecule has 1 aromatic carbocycles. The predicted octanol–water partition coefficient (Wildman–Crippen LogP) is -0.373. The molecule has 1 aromatic rings. The fourth-order valence-corrected chi connectivity index (χ4v) is 3.25. The highest BCUT2D eigenvalue weighted by atomic mass is 32.2. The van der Waals surface area contributed by atoms with Crippen LogP contribution in [0.2, 0.25) is 0 Å². The topological polar surface area (TPSA) is 101 Å². The molecule has 108 valence electrons. The van der Waals surface area contributed by atoms with E-state index in [-0.39, 0.29) is 34.3 Å². The smallest absolute Gasteiger partial charge is 0.240 e. The molecule has 1 heterocycles. The van der Waals surface area contributed by atoms with E-state index in [1.807, 2.05) is 0 Å². The standard InChI is InChI=1S/C11H12FN3O3S2/c12-9-2-1-7(4-8(9)11(13)19)20(17,18)15-6-3-10(16)14-5-6/h1-2,4,6,15H,3,5H2,(H2,13,19)(H,14,16). The summed E-state index contributed by atoms with van der Waals surface area (Å²) in [6.07, 6.45) is 0.0720. The van der Waals surface area contributed by atoms with E-state index in [1.54, 1.807) is 0 Å². The molecule has 1 aliphatic rings. The monoisotopic (exact) mass is 317 g/mol. The van der Waals surface area contributed by atoms with Crippen molar-refractivity contribution in [1.82, 2.24) is 10.0 Å². The number of carbonyl (C=O) groups is 1. The summed E-state index contributed by atoms with van der Waals surface area (Å²) in [6, 6.07) is 2.65. The summed E-state index contributed by atoms with van der Waals surface area (Å²) in [5.41, 5.74) is 5.19. The summed E-state index contributed by atoms with van der Waals surface area (Å²) in [4.78, 5) is 10.7. The highest BCUT2D eigenvalue weighted by Gasteiger charge is 2.27. The van der Waals surface area contributed by atoms with Crippen LogP contribution < -0.4 is 15.8 Å². The number of amides is 1. The normalized spacial score (nSPS) is 18.9. The lowest BCUT2D eigenvalue weighted by atomic mass is 10.2. The van der Waals surface area contributed by atoms with Crippen molar-refractivity contribution in [3.8, 4) is 0 Å². The van der Waals surface area contributed by atoms with E-state index >= 15 is 0 Å². The van der Waals surface area contributed by atoms with Gasteiger partial charge in [0.05, 0.1) is 4.90 Å². The van der Waals surface area contributed by atoms with Crippen LogP contribution in [0, 0.1) is 5.82 Å². The van der Waals surface area contributed by atoms with Crippen LogP contribution in [0.3, 0.4) is 0 Å². The quantitative estimate of drug-likeness (QED) is 0.658. The molecule has 1 unspecified atom stereocenters. The van der Waals surface area contributed by atoms with Crippen LogP contribution in [0.1, 0.15) is 12.0 Å². The number of hydrogen-bond acceptors (Lipinski definition) is 4. The van der Waals surface area contributed by atoms with Crippen molar-refractivity contribution in [2.75, 3.05) is 6.54 Å². The highest BCUT2D eigenvalue weighted by Crippen LogP contribution is 2.16. The van der Waals surface area contributed by atoms with Gasteiger partial charge in [-0.1, -0.05) is 12.2 Å². The van der Waals surface area contributed by atoms with Gasteiger partial charge in [-0.05, 0) is 18.2 Å².